The minimum absolute atomic E-state index is 0.0568. The monoisotopic (exact) mass is 360 g/mol. The molecule has 0 aromatic carbocycles. The third-order valence-electron chi connectivity index (χ3n) is 4.18. The van der Waals surface area contributed by atoms with Crippen molar-refractivity contribution in [1.82, 2.24) is 20.4 Å². The van der Waals surface area contributed by atoms with Gasteiger partial charge in [-0.05, 0) is 25.0 Å². The van der Waals surface area contributed by atoms with Gasteiger partial charge in [0.25, 0.3) is 0 Å². The third-order valence-corrected chi connectivity index (χ3v) is 4.18. The summed E-state index contributed by atoms with van der Waals surface area (Å²) in [6.07, 6.45) is 3.41. The maximum atomic E-state index is 12.1. The zero-order chi connectivity index (χ0) is 18.4. The lowest BCUT2D eigenvalue weighted by molar-refractivity contribution is -0.145. The summed E-state index contributed by atoms with van der Waals surface area (Å²) in [6, 6.07) is 4.40. The van der Waals surface area contributed by atoms with Gasteiger partial charge in [0.1, 0.15) is 11.7 Å². The minimum atomic E-state index is -1.05. The normalized spacial score (nSPS) is 18.2. The molecule has 0 bridgehead atoms. The molecular formula is C17H20N4O5. The number of carboxylic acid groups (broad SMARTS) is 1. The average molecular weight is 360 g/mol. The van der Waals surface area contributed by atoms with E-state index in [1.54, 1.807) is 18.3 Å². The van der Waals surface area contributed by atoms with E-state index < -0.39 is 12.0 Å². The Hall–Kier alpha value is -2.81. The first-order valence-corrected chi connectivity index (χ1v) is 8.47. The van der Waals surface area contributed by atoms with Crippen molar-refractivity contribution in [2.45, 2.75) is 31.7 Å². The van der Waals surface area contributed by atoms with Crippen LogP contribution < -0.4 is 5.32 Å². The van der Waals surface area contributed by atoms with Gasteiger partial charge in [0.15, 0.2) is 0 Å². The molecule has 0 saturated carbocycles. The zero-order valence-corrected chi connectivity index (χ0v) is 14.1. The molecule has 3 heterocycles. The largest absolute Gasteiger partial charge is 0.480 e. The molecule has 1 amide bonds. The van der Waals surface area contributed by atoms with Crippen molar-refractivity contribution in [1.29, 1.82) is 0 Å². The van der Waals surface area contributed by atoms with Crippen molar-refractivity contribution in [3.8, 4) is 11.5 Å². The molecule has 0 spiro atoms. The Morgan fingerprint density at radius 3 is 2.96 bits per heavy atom. The van der Waals surface area contributed by atoms with Crippen LogP contribution in [0, 0.1) is 5.92 Å². The van der Waals surface area contributed by atoms with Gasteiger partial charge < -0.3 is 19.7 Å². The van der Waals surface area contributed by atoms with Crippen LogP contribution >= 0.6 is 0 Å². The Balaban J connectivity index is 1.53. The highest BCUT2D eigenvalue weighted by Gasteiger charge is 2.31. The van der Waals surface area contributed by atoms with Gasteiger partial charge in [0.2, 0.25) is 17.6 Å². The minimum Gasteiger partial charge on any atom is -0.480 e. The zero-order valence-electron chi connectivity index (χ0n) is 14.1. The number of amides is 1. The van der Waals surface area contributed by atoms with E-state index in [1.807, 2.05) is 6.07 Å². The number of nitrogens with one attached hydrogen (secondary N) is 1. The average Bonchev–Trinajstić information content (AvgIpc) is 3.15. The van der Waals surface area contributed by atoms with Crippen LogP contribution in [0.5, 0.6) is 0 Å². The number of rotatable bonds is 7. The standard InChI is InChI=1S/C17H20N4O5/c22-13(19-15(17(23)24)11-4-3-9-25-10-11)6-7-14-20-16(21-26-14)12-5-1-2-8-18-12/h1-2,5,8,11,15H,3-4,6-7,9-10H2,(H,19,22)(H,23,24). The second-order valence-electron chi connectivity index (χ2n) is 6.09. The van der Waals surface area contributed by atoms with Gasteiger partial charge in [-0.3, -0.25) is 9.78 Å². The quantitative estimate of drug-likeness (QED) is 0.750. The number of aliphatic carboxylic acids is 1. The molecule has 2 N–H and O–H groups in total. The highest BCUT2D eigenvalue weighted by atomic mass is 16.5. The number of aromatic nitrogens is 3. The number of nitrogens with zero attached hydrogens (tertiary/aromatic N) is 3. The molecule has 9 heteroatoms. The number of hydrogen-bond acceptors (Lipinski definition) is 7. The molecule has 1 saturated heterocycles. The molecule has 1 aliphatic rings. The predicted octanol–water partition coefficient (Wildman–Crippen LogP) is 1.06. The van der Waals surface area contributed by atoms with Crippen molar-refractivity contribution >= 4 is 11.9 Å². The number of ether oxygens (including phenoxy) is 1. The Morgan fingerprint density at radius 2 is 2.27 bits per heavy atom. The van der Waals surface area contributed by atoms with Gasteiger partial charge >= 0.3 is 5.97 Å². The Bertz CT molecular complexity index is 743. The molecule has 138 valence electrons. The summed E-state index contributed by atoms with van der Waals surface area (Å²) in [7, 11) is 0. The van der Waals surface area contributed by atoms with E-state index in [2.05, 4.69) is 20.4 Å². The molecule has 2 unspecified atom stereocenters. The second kappa shape index (κ2) is 8.52. The van der Waals surface area contributed by atoms with Crippen molar-refractivity contribution in [2.75, 3.05) is 13.2 Å². The third kappa shape index (κ3) is 4.63. The molecule has 1 aliphatic heterocycles. The van der Waals surface area contributed by atoms with Gasteiger partial charge in [0, 0.05) is 31.6 Å². The number of carbonyl (C=O) groups excluding carboxylic acids is 1. The summed E-state index contributed by atoms with van der Waals surface area (Å²) < 4.78 is 10.4. The van der Waals surface area contributed by atoms with Gasteiger partial charge in [0.05, 0.1) is 6.61 Å². The summed E-state index contributed by atoms with van der Waals surface area (Å²) in [6.45, 7) is 0.973. The number of pyridine rings is 1. The van der Waals surface area contributed by atoms with Gasteiger partial charge in [-0.1, -0.05) is 11.2 Å². The molecule has 2 aromatic rings. The molecule has 26 heavy (non-hydrogen) atoms. The lowest BCUT2D eigenvalue weighted by Gasteiger charge is -2.28. The first kappa shape index (κ1) is 18.0. The summed E-state index contributed by atoms with van der Waals surface area (Å²) in [5.74, 6) is -0.994. The highest BCUT2D eigenvalue weighted by molar-refractivity contribution is 5.83. The van der Waals surface area contributed by atoms with E-state index >= 15 is 0 Å². The fraction of sp³-hybridized carbons (Fsp3) is 0.471. The summed E-state index contributed by atoms with van der Waals surface area (Å²) in [5, 5.41) is 15.8. The lowest BCUT2D eigenvalue weighted by atomic mass is 9.93. The van der Waals surface area contributed by atoms with E-state index in [0.29, 0.717) is 37.0 Å². The van der Waals surface area contributed by atoms with Gasteiger partial charge in [-0.25, -0.2) is 4.79 Å². The highest BCUT2D eigenvalue weighted by Crippen LogP contribution is 2.18. The number of carboxylic acids is 1. The van der Waals surface area contributed by atoms with E-state index in [9.17, 15) is 14.7 Å². The van der Waals surface area contributed by atoms with Gasteiger partial charge in [-0.2, -0.15) is 4.98 Å². The smallest absolute Gasteiger partial charge is 0.326 e. The maximum absolute atomic E-state index is 12.1. The second-order valence-corrected chi connectivity index (χ2v) is 6.09. The van der Waals surface area contributed by atoms with Crippen LogP contribution in [0.2, 0.25) is 0 Å². The van der Waals surface area contributed by atoms with Crippen molar-refractivity contribution < 1.29 is 24.0 Å². The van der Waals surface area contributed by atoms with Crippen molar-refractivity contribution in [2.24, 2.45) is 5.92 Å². The Morgan fingerprint density at radius 1 is 1.38 bits per heavy atom. The lowest BCUT2D eigenvalue weighted by Crippen LogP contribution is -2.48. The summed E-state index contributed by atoms with van der Waals surface area (Å²) in [5.41, 5.74) is 0.579. The molecule has 0 radical (unpaired) electrons. The molecule has 0 aliphatic carbocycles. The Kier molecular flexibility index (Phi) is 5.90. The van der Waals surface area contributed by atoms with Crippen LogP contribution in [0.3, 0.4) is 0 Å². The Labute approximate surface area is 149 Å². The van der Waals surface area contributed by atoms with Crippen LogP contribution in [0.4, 0.5) is 0 Å². The van der Waals surface area contributed by atoms with Crippen LogP contribution in [-0.4, -0.2) is 51.4 Å². The van der Waals surface area contributed by atoms with Crippen molar-refractivity contribution in [3.05, 3.63) is 30.3 Å². The fourth-order valence-corrected chi connectivity index (χ4v) is 2.83. The predicted molar refractivity (Wildman–Crippen MR) is 89.0 cm³/mol. The molecular weight excluding hydrogens is 340 g/mol. The fourth-order valence-electron chi connectivity index (χ4n) is 2.83. The van der Waals surface area contributed by atoms with Crippen LogP contribution in [0.25, 0.3) is 11.5 Å². The summed E-state index contributed by atoms with van der Waals surface area (Å²) >= 11 is 0. The van der Waals surface area contributed by atoms with E-state index in [1.165, 1.54) is 0 Å². The van der Waals surface area contributed by atoms with Crippen molar-refractivity contribution in [3.63, 3.8) is 0 Å². The molecule has 1 fully saturated rings. The van der Waals surface area contributed by atoms with Gasteiger partial charge in [-0.15, -0.1) is 0 Å². The first-order valence-electron chi connectivity index (χ1n) is 8.47. The topological polar surface area (TPSA) is 127 Å². The first-order chi connectivity index (χ1) is 12.6. The van der Waals surface area contributed by atoms with Crippen LogP contribution in [0.15, 0.2) is 28.9 Å². The number of hydrogen-bond donors (Lipinski definition) is 2. The van der Waals surface area contributed by atoms with Crippen LogP contribution in [-0.2, 0) is 20.7 Å². The SMILES string of the molecule is O=C(CCc1nc(-c2ccccn2)no1)NC(C(=O)O)C1CCCOC1. The number of carbonyl (C=O) groups is 2. The number of aryl methyl sites for hydroxylation is 1. The van der Waals surface area contributed by atoms with E-state index in [0.717, 1.165) is 6.42 Å². The molecule has 2 atom stereocenters. The summed E-state index contributed by atoms with van der Waals surface area (Å²) in [4.78, 5) is 31.9. The molecule has 3 rings (SSSR count). The van der Waals surface area contributed by atoms with Crippen LogP contribution in [0.1, 0.15) is 25.2 Å². The van der Waals surface area contributed by atoms with E-state index in [4.69, 9.17) is 9.26 Å². The van der Waals surface area contributed by atoms with E-state index in [-0.39, 0.29) is 24.7 Å². The molecule has 2 aromatic heterocycles. The molecule has 9 nitrogen and oxygen atoms in total. The maximum Gasteiger partial charge on any atom is 0.326 e.